The van der Waals surface area contributed by atoms with Gasteiger partial charge in [-0.3, -0.25) is 4.79 Å². The number of sulfonamides is 1. The van der Waals surface area contributed by atoms with Crippen molar-refractivity contribution in [2.45, 2.75) is 4.90 Å². The first-order valence-electron chi connectivity index (χ1n) is 5.80. The fourth-order valence-corrected chi connectivity index (χ4v) is 2.65. The van der Waals surface area contributed by atoms with Gasteiger partial charge in [0.25, 0.3) is 5.91 Å². The van der Waals surface area contributed by atoms with Crippen molar-refractivity contribution in [1.29, 1.82) is 0 Å². The number of rotatable bonds is 5. The lowest BCUT2D eigenvalue weighted by Crippen LogP contribution is -2.25. The summed E-state index contributed by atoms with van der Waals surface area (Å²) in [5, 5.41) is 2.31. The van der Waals surface area contributed by atoms with Gasteiger partial charge in [-0.25, -0.2) is 17.5 Å². The molecule has 0 spiro atoms. The van der Waals surface area contributed by atoms with Crippen molar-refractivity contribution < 1.29 is 22.7 Å². The molecule has 0 heterocycles. The minimum atomic E-state index is -3.66. The highest BCUT2D eigenvalue weighted by atomic mass is 79.9. The third kappa shape index (κ3) is 4.26. The summed E-state index contributed by atoms with van der Waals surface area (Å²) in [6, 6.07) is 4.01. The van der Waals surface area contributed by atoms with Crippen LogP contribution in [0.4, 0.5) is 0 Å². The van der Waals surface area contributed by atoms with Crippen LogP contribution in [0.5, 0.6) is 0 Å². The highest BCUT2D eigenvalue weighted by Gasteiger charge is 2.21. The molecule has 1 rings (SSSR count). The summed E-state index contributed by atoms with van der Waals surface area (Å²) < 4.78 is 30.3. The third-order valence-corrected chi connectivity index (χ3v) is 5.05. The molecule has 0 fully saturated rings. The predicted octanol–water partition coefficient (Wildman–Crippen LogP) is 0.602. The van der Waals surface area contributed by atoms with Gasteiger partial charge >= 0.3 is 5.97 Å². The Morgan fingerprint density at radius 3 is 2.48 bits per heavy atom. The van der Waals surface area contributed by atoms with Crippen LogP contribution in [0.15, 0.2) is 27.6 Å². The van der Waals surface area contributed by atoms with Gasteiger partial charge in [0, 0.05) is 25.6 Å². The van der Waals surface area contributed by atoms with Crippen LogP contribution in [0.2, 0.25) is 0 Å². The molecule has 0 unspecified atom stereocenters. The summed E-state index contributed by atoms with van der Waals surface area (Å²) in [7, 11) is 0.533. The lowest BCUT2D eigenvalue weighted by molar-refractivity contribution is -0.123. The maximum Gasteiger partial charge on any atom is 0.339 e. The second-order valence-corrected chi connectivity index (χ2v) is 7.18. The maximum atomic E-state index is 12.0. The molecule has 0 radical (unpaired) electrons. The van der Waals surface area contributed by atoms with Gasteiger partial charge < -0.3 is 10.1 Å². The van der Waals surface area contributed by atoms with Gasteiger partial charge in [0.05, 0.1) is 10.5 Å². The number of carbonyl (C=O) groups is 2. The summed E-state index contributed by atoms with van der Waals surface area (Å²) in [6.45, 7) is -0.438. The zero-order chi connectivity index (χ0) is 16.2. The molecule has 1 aromatic rings. The van der Waals surface area contributed by atoms with Crippen molar-refractivity contribution >= 4 is 37.8 Å². The highest BCUT2D eigenvalue weighted by Crippen LogP contribution is 2.23. The van der Waals surface area contributed by atoms with Crippen molar-refractivity contribution in [1.82, 2.24) is 9.62 Å². The smallest absolute Gasteiger partial charge is 0.339 e. The molecule has 116 valence electrons. The Kier molecular flexibility index (Phi) is 5.87. The fraction of sp³-hybridized carbons (Fsp3) is 0.333. The van der Waals surface area contributed by atoms with Gasteiger partial charge in [-0.1, -0.05) is 0 Å². The average Bonchev–Trinajstić information content (AvgIpc) is 2.44. The first kappa shape index (κ1) is 17.6. The Hall–Kier alpha value is -1.45. The number of benzene rings is 1. The van der Waals surface area contributed by atoms with Crippen molar-refractivity contribution in [2.75, 3.05) is 27.7 Å². The molecule has 7 nitrogen and oxygen atoms in total. The molecule has 0 atom stereocenters. The van der Waals surface area contributed by atoms with Crippen LogP contribution in [0.25, 0.3) is 0 Å². The van der Waals surface area contributed by atoms with Gasteiger partial charge in [0.2, 0.25) is 10.0 Å². The number of ether oxygens (including phenoxy) is 1. The van der Waals surface area contributed by atoms with E-state index in [4.69, 9.17) is 4.74 Å². The van der Waals surface area contributed by atoms with Crippen LogP contribution < -0.4 is 5.32 Å². The number of hydrogen-bond donors (Lipinski definition) is 1. The molecule has 0 saturated heterocycles. The summed E-state index contributed by atoms with van der Waals surface area (Å²) in [5.41, 5.74) is 0.0295. The number of amides is 1. The number of esters is 1. The van der Waals surface area contributed by atoms with Crippen LogP contribution in [0.1, 0.15) is 10.4 Å². The summed E-state index contributed by atoms with van der Waals surface area (Å²) in [5.74, 6) is -1.25. The largest absolute Gasteiger partial charge is 0.452 e. The van der Waals surface area contributed by atoms with E-state index in [0.717, 1.165) is 4.31 Å². The number of carbonyl (C=O) groups excluding carboxylic acids is 2. The summed E-state index contributed by atoms with van der Waals surface area (Å²) in [6.07, 6.45) is 0. The molecule has 1 N–H and O–H groups in total. The molecule has 9 heteroatoms. The molecule has 1 amide bonds. The Labute approximate surface area is 131 Å². The second kappa shape index (κ2) is 7.01. The van der Waals surface area contributed by atoms with E-state index in [1.807, 2.05) is 0 Å². The fourth-order valence-electron chi connectivity index (χ4n) is 1.31. The molecule has 0 saturated carbocycles. The second-order valence-electron chi connectivity index (χ2n) is 4.18. The molecule has 0 bridgehead atoms. The zero-order valence-electron chi connectivity index (χ0n) is 11.7. The van der Waals surface area contributed by atoms with E-state index in [1.54, 1.807) is 0 Å². The minimum absolute atomic E-state index is 0.0295. The number of likely N-dealkylation sites (N-methyl/N-ethyl adjacent to an activating group) is 1. The lowest BCUT2D eigenvalue weighted by atomic mass is 10.2. The first-order chi connectivity index (χ1) is 9.70. The Bertz CT molecular complexity index is 658. The molecular weight excluding hydrogens is 364 g/mol. The van der Waals surface area contributed by atoms with E-state index in [-0.39, 0.29) is 10.5 Å². The van der Waals surface area contributed by atoms with Gasteiger partial charge in [-0.2, -0.15) is 0 Å². The van der Waals surface area contributed by atoms with E-state index in [1.165, 1.54) is 39.3 Å². The van der Waals surface area contributed by atoms with Gasteiger partial charge in [0.15, 0.2) is 6.61 Å². The Balaban J connectivity index is 3.09. The predicted molar refractivity (Wildman–Crippen MR) is 79.4 cm³/mol. The van der Waals surface area contributed by atoms with E-state index < -0.39 is 28.5 Å². The van der Waals surface area contributed by atoms with E-state index in [9.17, 15) is 18.0 Å². The molecule has 1 aromatic carbocycles. The van der Waals surface area contributed by atoms with Crippen LogP contribution >= 0.6 is 15.9 Å². The van der Waals surface area contributed by atoms with E-state index in [0.29, 0.717) is 4.47 Å². The quantitative estimate of drug-likeness (QED) is 0.757. The Morgan fingerprint density at radius 2 is 1.95 bits per heavy atom. The van der Waals surface area contributed by atoms with Gasteiger partial charge in [-0.05, 0) is 34.1 Å². The first-order valence-corrected chi connectivity index (χ1v) is 8.03. The Morgan fingerprint density at radius 1 is 1.33 bits per heavy atom. The number of nitrogens with one attached hydrogen (secondary N) is 1. The summed E-state index contributed by atoms with van der Waals surface area (Å²) >= 11 is 3.15. The van der Waals surface area contributed by atoms with E-state index in [2.05, 4.69) is 21.2 Å². The molecule has 0 aliphatic rings. The standard InChI is InChI=1S/C12H15BrN2O5S/c1-14-11(16)7-20-12(17)9-6-8(4-5-10(9)13)21(18,19)15(2)3/h4-6H,7H2,1-3H3,(H,14,16). The number of hydrogen-bond acceptors (Lipinski definition) is 5. The topological polar surface area (TPSA) is 92.8 Å². The lowest BCUT2D eigenvalue weighted by Gasteiger charge is -2.13. The highest BCUT2D eigenvalue weighted by molar-refractivity contribution is 9.10. The van der Waals surface area contributed by atoms with Crippen LogP contribution in [-0.4, -0.2) is 52.3 Å². The minimum Gasteiger partial charge on any atom is -0.452 e. The van der Waals surface area contributed by atoms with Crippen molar-refractivity contribution in [3.05, 3.63) is 28.2 Å². The molecule has 21 heavy (non-hydrogen) atoms. The monoisotopic (exact) mass is 378 g/mol. The van der Waals surface area contributed by atoms with Crippen LogP contribution in [-0.2, 0) is 19.6 Å². The normalized spacial score (nSPS) is 11.3. The molecule has 0 aromatic heterocycles. The van der Waals surface area contributed by atoms with Gasteiger partial charge in [-0.15, -0.1) is 0 Å². The van der Waals surface area contributed by atoms with Crippen LogP contribution in [0.3, 0.4) is 0 Å². The number of halogens is 1. The van der Waals surface area contributed by atoms with E-state index >= 15 is 0 Å². The average molecular weight is 379 g/mol. The van der Waals surface area contributed by atoms with Crippen molar-refractivity contribution in [3.8, 4) is 0 Å². The molecule has 0 aliphatic heterocycles. The summed E-state index contributed by atoms with van der Waals surface area (Å²) in [4.78, 5) is 22.9. The maximum absolute atomic E-state index is 12.0. The molecular formula is C12H15BrN2O5S. The van der Waals surface area contributed by atoms with Crippen molar-refractivity contribution in [3.63, 3.8) is 0 Å². The van der Waals surface area contributed by atoms with Crippen molar-refractivity contribution in [2.24, 2.45) is 0 Å². The third-order valence-electron chi connectivity index (χ3n) is 2.55. The van der Waals surface area contributed by atoms with Gasteiger partial charge in [0.1, 0.15) is 0 Å². The molecule has 0 aliphatic carbocycles. The SMILES string of the molecule is CNC(=O)COC(=O)c1cc(S(=O)(=O)N(C)C)ccc1Br. The van der Waals surface area contributed by atoms with Crippen LogP contribution in [0, 0.1) is 0 Å². The number of nitrogens with zero attached hydrogens (tertiary/aromatic N) is 1. The zero-order valence-corrected chi connectivity index (χ0v) is 14.1.